The van der Waals surface area contributed by atoms with Gasteiger partial charge in [-0.25, -0.2) is 4.79 Å². The van der Waals surface area contributed by atoms with Crippen molar-refractivity contribution in [2.45, 2.75) is 26.3 Å². The molecule has 0 fully saturated rings. The van der Waals surface area contributed by atoms with Gasteiger partial charge >= 0.3 is 5.97 Å². The van der Waals surface area contributed by atoms with Gasteiger partial charge in [0, 0.05) is 25.2 Å². The van der Waals surface area contributed by atoms with Crippen molar-refractivity contribution in [2.75, 3.05) is 14.1 Å². The molecule has 0 radical (unpaired) electrons. The molecule has 0 bridgehead atoms. The Morgan fingerprint density at radius 1 is 1.18 bits per heavy atom. The number of carbonyl (C=O) groups excluding carboxylic acids is 2. The molecule has 0 unspecified atom stereocenters. The van der Waals surface area contributed by atoms with Gasteiger partial charge < -0.3 is 15.3 Å². The maximum Gasteiger partial charge on any atom is 0.326 e. The van der Waals surface area contributed by atoms with Crippen LogP contribution in [0.2, 0.25) is 0 Å². The zero-order valence-corrected chi connectivity index (χ0v) is 13.3. The highest BCUT2D eigenvalue weighted by Crippen LogP contribution is 2.10. The largest absolute Gasteiger partial charge is 0.480 e. The summed E-state index contributed by atoms with van der Waals surface area (Å²) in [6.45, 7) is 3.77. The third-order valence-electron chi connectivity index (χ3n) is 3.09. The molecular formula is C16H22N2O4. The fourth-order valence-electron chi connectivity index (χ4n) is 1.99. The Kier molecular flexibility index (Phi) is 6.10. The molecule has 0 aliphatic heterocycles. The molecule has 2 amide bonds. The number of hydrogen-bond donors (Lipinski definition) is 2. The minimum atomic E-state index is -1.07. The molecule has 6 nitrogen and oxygen atoms in total. The SMILES string of the molecule is CC(C)C[C@H](NC(=O)c1cccc(C(=O)N(C)C)c1)C(=O)O. The second-order valence-corrected chi connectivity index (χ2v) is 5.77. The van der Waals surface area contributed by atoms with Crippen molar-refractivity contribution in [3.63, 3.8) is 0 Å². The average molecular weight is 306 g/mol. The van der Waals surface area contributed by atoms with Crippen molar-refractivity contribution in [2.24, 2.45) is 5.92 Å². The van der Waals surface area contributed by atoms with E-state index in [1.807, 2.05) is 13.8 Å². The number of benzene rings is 1. The van der Waals surface area contributed by atoms with Gasteiger partial charge in [0.05, 0.1) is 0 Å². The summed E-state index contributed by atoms with van der Waals surface area (Å²) in [6.07, 6.45) is 0.345. The van der Waals surface area contributed by atoms with Crippen LogP contribution in [0.1, 0.15) is 41.0 Å². The van der Waals surface area contributed by atoms with Crippen LogP contribution >= 0.6 is 0 Å². The minimum absolute atomic E-state index is 0.142. The van der Waals surface area contributed by atoms with Gasteiger partial charge in [0.1, 0.15) is 6.04 Å². The number of nitrogens with zero attached hydrogens (tertiary/aromatic N) is 1. The maximum atomic E-state index is 12.2. The Balaban J connectivity index is 2.91. The average Bonchev–Trinajstić information content (AvgIpc) is 2.45. The summed E-state index contributed by atoms with van der Waals surface area (Å²) in [4.78, 5) is 36.7. The lowest BCUT2D eigenvalue weighted by atomic mass is 10.0. The molecule has 0 spiro atoms. The van der Waals surface area contributed by atoms with Crippen LogP contribution in [0.5, 0.6) is 0 Å². The lowest BCUT2D eigenvalue weighted by Crippen LogP contribution is -2.41. The summed E-state index contributed by atoms with van der Waals surface area (Å²) < 4.78 is 0. The van der Waals surface area contributed by atoms with Crippen LogP contribution in [0.15, 0.2) is 24.3 Å². The molecule has 1 aromatic rings. The molecule has 22 heavy (non-hydrogen) atoms. The molecule has 1 atom stereocenters. The Morgan fingerprint density at radius 3 is 2.27 bits per heavy atom. The zero-order chi connectivity index (χ0) is 16.9. The van der Waals surface area contributed by atoms with E-state index in [0.29, 0.717) is 12.0 Å². The molecule has 0 aliphatic rings. The van der Waals surface area contributed by atoms with Crippen LogP contribution in [0, 0.1) is 5.92 Å². The predicted molar refractivity (Wildman–Crippen MR) is 82.8 cm³/mol. The number of carbonyl (C=O) groups is 3. The summed E-state index contributed by atoms with van der Waals surface area (Å²) in [5.74, 6) is -1.64. The summed E-state index contributed by atoms with van der Waals surface area (Å²) in [5, 5.41) is 11.7. The van der Waals surface area contributed by atoms with Gasteiger partial charge in [0.2, 0.25) is 0 Å². The van der Waals surface area contributed by atoms with Gasteiger partial charge in [0.25, 0.3) is 11.8 Å². The molecule has 0 saturated carbocycles. The van der Waals surface area contributed by atoms with Crippen molar-refractivity contribution < 1.29 is 19.5 Å². The van der Waals surface area contributed by atoms with Gasteiger partial charge in [-0.1, -0.05) is 19.9 Å². The van der Waals surface area contributed by atoms with E-state index >= 15 is 0 Å². The number of amides is 2. The van der Waals surface area contributed by atoms with Crippen LogP contribution in [-0.2, 0) is 4.79 Å². The van der Waals surface area contributed by atoms with Crippen LogP contribution in [0.4, 0.5) is 0 Å². The fraction of sp³-hybridized carbons (Fsp3) is 0.438. The first-order chi connectivity index (χ1) is 10.2. The normalized spacial score (nSPS) is 11.9. The quantitative estimate of drug-likeness (QED) is 0.836. The van der Waals surface area contributed by atoms with Crippen molar-refractivity contribution in [3.05, 3.63) is 35.4 Å². The molecular weight excluding hydrogens is 284 g/mol. The standard InChI is InChI=1S/C16H22N2O4/c1-10(2)8-13(16(21)22)17-14(19)11-6-5-7-12(9-11)15(20)18(3)4/h5-7,9-10,13H,8H2,1-4H3,(H,17,19)(H,21,22)/t13-/m0/s1. The van der Waals surface area contributed by atoms with E-state index in [1.165, 1.54) is 11.0 Å². The van der Waals surface area contributed by atoms with E-state index in [1.54, 1.807) is 32.3 Å². The number of rotatable bonds is 6. The molecule has 120 valence electrons. The summed E-state index contributed by atoms with van der Waals surface area (Å²) in [7, 11) is 3.25. The highest BCUT2D eigenvalue weighted by Gasteiger charge is 2.22. The van der Waals surface area contributed by atoms with E-state index < -0.39 is 17.9 Å². The first-order valence-electron chi connectivity index (χ1n) is 7.07. The van der Waals surface area contributed by atoms with Crippen molar-refractivity contribution in [1.82, 2.24) is 10.2 Å². The van der Waals surface area contributed by atoms with E-state index in [4.69, 9.17) is 5.11 Å². The van der Waals surface area contributed by atoms with Crippen LogP contribution in [-0.4, -0.2) is 47.9 Å². The molecule has 1 rings (SSSR count). The second kappa shape index (κ2) is 7.59. The van der Waals surface area contributed by atoms with Crippen molar-refractivity contribution in [1.29, 1.82) is 0 Å². The smallest absolute Gasteiger partial charge is 0.326 e. The molecule has 2 N–H and O–H groups in total. The lowest BCUT2D eigenvalue weighted by Gasteiger charge is -2.17. The van der Waals surface area contributed by atoms with Crippen LogP contribution in [0.3, 0.4) is 0 Å². The van der Waals surface area contributed by atoms with Crippen molar-refractivity contribution in [3.8, 4) is 0 Å². The lowest BCUT2D eigenvalue weighted by molar-refractivity contribution is -0.139. The highest BCUT2D eigenvalue weighted by molar-refractivity contribution is 6.00. The molecule has 0 aromatic heterocycles. The Hall–Kier alpha value is -2.37. The van der Waals surface area contributed by atoms with Gasteiger partial charge in [-0.3, -0.25) is 9.59 Å². The number of hydrogen-bond acceptors (Lipinski definition) is 3. The number of carboxylic acid groups (broad SMARTS) is 1. The second-order valence-electron chi connectivity index (χ2n) is 5.77. The summed E-state index contributed by atoms with van der Waals surface area (Å²) in [6, 6.07) is 5.29. The Labute approximate surface area is 130 Å². The van der Waals surface area contributed by atoms with E-state index in [-0.39, 0.29) is 17.4 Å². The van der Waals surface area contributed by atoms with Gasteiger partial charge in [-0.15, -0.1) is 0 Å². The summed E-state index contributed by atoms with van der Waals surface area (Å²) in [5.41, 5.74) is 0.649. The minimum Gasteiger partial charge on any atom is -0.480 e. The first kappa shape index (κ1) is 17.7. The van der Waals surface area contributed by atoms with Gasteiger partial charge in [0.15, 0.2) is 0 Å². The zero-order valence-electron chi connectivity index (χ0n) is 13.3. The third kappa shape index (κ3) is 4.87. The molecule has 1 aromatic carbocycles. The highest BCUT2D eigenvalue weighted by atomic mass is 16.4. The van der Waals surface area contributed by atoms with Crippen LogP contribution < -0.4 is 5.32 Å². The first-order valence-corrected chi connectivity index (χ1v) is 7.07. The van der Waals surface area contributed by atoms with Gasteiger partial charge in [-0.2, -0.15) is 0 Å². The van der Waals surface area contributed by atoms with E-state index in [0.717, 1.165) is 0 Å². The summed E-state index contributed by atoms with van der Waals surface area (Å²) >= 11 is 0. The van der Waals surface area contributed by atoms with Crippen molar-refractivity contribution >= 4 is 17.8 Å². The predicted octanol–water partition coefficient (Wildman–Crippen LogP) is 1.62. The molecule has 0 saturated heterocycles. The third-order valence-corrected chi connectivity index (χ3v) is 3.09. The van der Waals surface area contributed by atoms with Crippen LogP contribution in [0.25, 0.3) is 0 Å². The fourth-order valence-corrected chi connectivity index (χ4v) is 1.99. The molecule has 0 heterocycles. The number of carboxylic acids is 1. The Morgan fingerprint density at radius 2 is 1.77 bits per heavy atom. The van der Waals surface area contributed by atoms with Gasteiger partial charge in [-0.05, 0) is 30.5 Å². The number of nitrogens with one attached hydrogen (secondary N) is 1. The Bertz CT molecular complexity index is 567. The monoisotopic (exact) mass is 306 g/mol. The molecule has 0 aliphatic carbocycles. The maximum absolute atomic E-state index is 12.2. The molecule has 6 heteroatoms. The van der Waals surface area contributed by atoms with E-state index in [9.17, 15) is 14.4 Å². The number of aliphatic carboxylic acids is 1. The topological polar surface area (TPSA) is 86.7 Å². The van der Waals surface area contributed by atoms with E-state index in [2.05, 4.69) is 5.32 Å².